The molecule has 0 aliphatic carbocycles. The Morgan fingerprint density at radius 2 is 0.736 bits per heavy atom. The second kappa shape index (κ2) is 41.8. The Bertz CT molecular complexity index is 1610. The molecule has 0 saturated carbocycles. The van der Waals surface area contributed by atoms with Gasteiger partial charge in [0.1, 0.15) is 11.7 Å². The summed E-state index contributed by atoms with van der Waals surface area (Å²) in [7, 11) is 0. The minimum absolute atomic E-state index is 0.118. The van der Waals surface area contributed by atoms with Crippen molar-refractivity contribution in [2.24, 2.45) is 0 Å². The van der Waals surface area contributed by atoms with Gasteiger partial charge in [-0.25, -0.2) is 0 Å². The fraction of sp³-hybridized carbons (Fsp3) is 0.692. The van der Waals surface area contributed by atoms with Crippen LogP contribution in [0.5, 0.6) is 0 Å². The zero-order valence-corrected chi connectivity index (χ0v) is 46.2. The monoisotopic (exact) mass is 996 g/mol. The smallest absolute Gasteiger partial charge is 0.303 e. The molecule has 0 aliphatic rings. The van der Waals surface area contributed by atoms with E-state index in [4.69, 9.17) is 9.47 Å². The van der Waals surface area contributed by atoms with Crippen molar-refractivity contribution in [1.82, 2.24) is 5.32 Å². The quantitative estimate of drug-likeness (QED) is 0.0296. The van der Waals surface area contributed by atoms with Crippen molar-refractivity contribution in [2.45, 2.75) is 282 Å². The van der Waals surface area contributed by atoms with E-state index >= 15 is 0 Å². The average Bonchev–Trinajstić information content (AvgIpc) is 3.40. The summed E-state index contributed by atoms with van der Waals surface area (Å²) < 4.78 is 12.8. The third kappa shape index (κ3) is 27.1. The van der Waals surface area contributed by atoms with Crippen LogP contribution in [-0.4, -0.2) is 53.1 Å². The Morgan fingerprint density at radius 1 is 0.444 bits per heavy atom. The van der Waals surface area contributed by atoms with Gasteiger partial charge >= 0.3 is 5.97 Å². The van der Waals surface area contributed by atoms with Crippen LogP contribution in [0.3, 0.4) is 0 Å². The Morgan fingerprint density at radius 3 is 1.04 bits per heavy atom. The van der Waals surface area contributed by atoms with Gasteiger partial charge in [0, 0.05) is 6.92 Å². The maximum absolute atomic E-state index is 14.2. The van der Waals surface area contributed by atoms with E-state index in [0.29, 0.717) is 12.8 Å². The lowest BCUT2D eigenvalue weighted by atomic mass is 9.80. The molecule has 3 N–H and O–H groups in total. The third-order valence-electron chi connectivity index (χ3n) is 14.9. The Hall–Kier alpha value is -3.52. The van der Waals surface area contributed by atoms with Crippen LogP contribution in [0.1, 0.15) is 269 Å². The van der Waals surface area contributed by atoms with Gasteiger partial charge in [0.25, 0.3) is 5.91 Å². The Kier molecular flexibility index (Phi) is 36.4. The van der Waals surface area contributed by atoms with E-state index in [-0.39, 0.29) is 6.61 Å². The highest BCUT2D eigenvalue weighted by Crippen LogP contribution is 2.41. The summed E-state index contributed by atoms with van der Waals surface area (Å²) in [5.41, 5.74) is 1.57. The van der Waals surface area contributed by atoms with Crippen LogP contribution in [-0.2, 0) is 24.7 Å². The van der Waals surface area contributed by atoms with Gasteiger partial charge in [-0.05, 0) is 36.0 Å². The van der Waals surface area contributed by atoms with Gasteiger partial charge in [0.15, 0.2) is 6.10 Å². The first-order valence-corrected chi connectivity index (χ1v) is 30.0. The number of aliphatic hydroxyl groups is 2. The van der Waals surface area contributed by atoms with Gasteiger partial charge in [0.05, 0.1) is 18.8 Å². The molecule has 0 unspecified atom stereocenters. The van der Waals surface area contributed by atoms with E-state index in [2.05, 4.69) is 19.2 Å². The van der Waals surface area contributed by atoms with Gasteiger partial charge in [-0.1, -0.05) is 317 Å². The summed E-state index contributed by atoms with van der Waals surface area (Å²) in [5.74, 6) is -1.01. The number of hydrogen-bond donors (Lipinski definition) is 3. The first kappa shape index (κ1) is 62.8. The molecule has 0 saturated heterocycles. The number of ether oxygens (including phenoxy) is 2. The van der Waals surface area contributed by atoms with Crippen LogP contribution >= 0.6 is 0 Å². The van der Waals surface area contributed by atoms with E-state index in [1.807, 2.05) is 91.0 Å². The van der Waals surface area contributed by atoms with E-state index in [0.717, 1.165) is 61.6 Å². The number of amides is 1. The van der Waals surface area contributed by atoms with Gasteiger partial charge < -0.3 is 25.0 Å². The van der Waals surface area contributed by atoms with E-state index in [9.17, 15) is 19.8 Å². The van der Waals surface area contributed by atoms with Gasteiger partial charge in [-0.2, -0.15) is 0 Å². The minimum atomic E-state index is -1.32. The molecule has 7 nitrogen and oxygen atoms in total. The second-order valence-electron chi connectivity index (χ2n) is 21.3. The molecule has 3 rings (SSSR count). The molecule has 72 heavy (non-hydrogen) atoms. The lowest BCUT2D eigenvalue weighted by Gasteiger charge is -2.38. The van der Waals surface area contributed by atoms with Crippen LogP contribution in [0.15, 0.2) is 91.0 Å². The molecule has 0 aromatic heterocycles. The normalized spacial score (nSPS) is 13.4. The van der Waals surface area contributed by atoms with E-state index < -0.39 is 41.8 Å². The van der Waals surface area contributed by atoms with Crippen molar-refractivity contribution in [2.75, 3.05) is 6.61 Å². The first-order valence-electron chi connectivity index (χ1n) is 30.0. The van der Waals surface area contributed by atoms with Gasteiger partial charge in [-0.15, -0.1) is 0 Å². The molecule has 3 aromatic carbocycles. The van der Waals surface area contributed by atoms with Crippen molar-refractivity contribution < 1.29 is 29.3 Å². The van der Waals surface area contributed by atoms with Crippen molar-refractivity contribution in [3.63, 3.8) is 0 Å². The highest BCUT2D eigenvalue weighted by molar-refractivity contribution is 5.83. The fourth-order valence-corrected chi connectivity index (χ4v) is 10.5. The molecule has 0 spiro atoms. The zero-order chi connectivity index (χ0) is 51.6. The van der Waals surface area contributed by atoms with E-state index in [1.54, 1.807) is 0 Å². The van der Waals surface area contributed by atoms with Gasteiger partial charge in [-0.3, -0.25) is 9.59 Å². The zero-order valence-electron chi connectivity index (χ0n) is 46.2. The number of unbranched alkanes of at least 4 members (excludes halogenated alkanes) is 32. The molecule has 0 radical (unpaired) electrons. The standard InChI is InChI=1S/C65H105NO6/c1-4-6-8-10-12-14-16-18-19-20-21-22-23-24-25-26-27-29-31-33-35-46-54-62(72-56(3)67)64(70)66-60(63(69)61(68)53-45-34-32-30-28-17-15-13-11-9-7-5-2)55-71-65(57-47-39-36-40-48-57,58-49-41-37-42-50-58)59-51-43-38-44-52-59/h36-44,47-52,60-63,68-69H,4-35,45-46,53-55H2,1-3H3,(H,66,70)/t60-,61+,62+,63-/m0/s1. The number of carbonyl (C=O) groups excluding carboxylic acids is 2. The maximum Gasteiger partial charge on any atom is 0.303 e. The summed E-state index contributed by atoms with van der Waals surface area (Å²) in [6.45, 7) is 5.76. The molecule has 406 valence electrons. The number of aliphatic hydroxyl groups excluding tert-OH is 2. The summed E-state index contributed by atoms with van der Waals surface area (Å²) in [6, 6.07) is 29.0. The molecule has 0 bridgehead atoms. The third-order valence-corrected chi connectivity index (χ3v) is 14.9. The summed E-state index contributed by atoms with van der Waals surface area (Å²) in [5, 5.41) is 26.6. The number of carbonyl (C=O) groups is 2. The van der Waals surface area contributed by atoms with E-state index in [1.165, 1.54) is 180 Å². The largest absolute Gasteiger partial charge is 0.452 e. The first-order chi connectivity index (χ1) is 35.3. The van der Waals surface area contributed by atoms with Crippen molar-refractivity contribution >= 4 is 11.9 Å². The Labute approximate surface area is 440 Å². The highest BCUT2D eigenvalue weighted by Gasteiger charge is 2.40. The van der Waals surface area contributed by atoms with Crippen molar-refractivity contribution in [3.05, 3.63) is 108 Å². The molecular formula is C65H105NO6. The molecule has 0 fully saturated rings. The maximum atomic E-state index is 14.2. The van der Waals surface area contributed by atoms with Crippen LogP contribution in [0, 0.1) is 0 Å². The second-order valence-corrected chi connectivity index (χ2v) is 21.3. The van der Waals surface area contributed by atoms with Crippen LogP contribution in [0.25, 0.3) is 0 Å². The van der Waals surface area contributed by atoms with Crippen molar-refractivity contribution in [1.29, 1.82) is 0 Å². The molecule has 7 heteroatoms. The average molecular weight is 997 g/mol. The fourth-order valence-electron chi connectivity index (χ4n) is 10.5. The molecule has 1 amide bonds. The number of hydrogen-bond acceptors (Lipinski definition) is 6. The highest BCUT2D eigenvalue weighted by atomic mass is 16.5. The number of rotatable bonds is 47. The summed E-state index contributed by atoms with van der Waals surface area (Å²) in [6.07, 6.45) is 40.5. The number of esters is 1. The molecular weight excluding hydrogens is 891 g/mol. The lowest BCUT2D eigenvalue weighted by Crippen LogP contribution is -2.55. The van der Waals surface area contributed by atoms with Crippen LogP contribution < -0.4 is 5.32 Å². The van der Waals surface area contributed by atoms with Crippen LogP contribution in [0.4, 0.5) is 0 Å². The number of nitrogens with one attached hydrogen (secondary N) is 1. The predicted octanol–water partition coefficient (Wildman–Crippen LogP) is 17.2. The SMILES string of the molecule is CCCCCCCCCCCCCCCCCCCCCCCC[C@@H](OC(C)=O)C(=O)N[C@@H](COC(c1ccccc1)(c1ccccc1)c1ccccc1)[C@H](O)[C@H](O)CCCCCCCCCCCCCC. The number of benzene rings is 3. The van der Waals surface area contributed by atoms with Crippen LogP contribution in [0.2, 0.25) is 0 Å². The summed E-state index contributed by atoms with van der Waals surface area (Å²) in [4.78, 5) is 26.6. The van der Waals surface area contributed by atoms with Crippen molar-refractivity contribution in [3.8, 4) is 0 Å². The lowest BCUT2D eigenvalue weighted by molar-refractivity contribution is -0.155. The molecule has 3 aromatic rings. The topological polar surface area (TPSA) is 105 Å². The molecule has 4 atom stereocenters. The minimum Gasteiger partial charge on any atom is -0.452 e. The predicted molar refractivity (Wildman–Crippen MR) is 302 cm³/mol. The molecule has 0 heterocycles. The van der Waals surface area contributed by atoms with Gasteiger partial charge in [0.2, 0.25) is 0 Å². The Balaban J connectivity index is 1.53. The molecule has 0 aliphatic heterocycles. The summed E-state index contributed by atoms with van der Waals surface area (Å²) >= 11 is 0.